The van der Waals surface area contributed by atoms with Crippen molar-refractivity contribution in [2.75, 3.05) is 0 Å². The van der Waals surface area contributed by atoms with Gasteiger partial charge in [-0.2, -0.15) is 0 Å². The first kappa shape index (κ1) is 13.6. The number of benzene rings is 1. The summed E-state index contributed by atoms with van der Waals surface area (Å²) in [6.45, 7) is 6.29. The van der Waals surface area contributed by atoms with E-state index in [0.29, 0.717) is 4.90 Å². The largest absolute Gasteiger partial charge is 0.218 e. The zero-order valence-corrected chi connectivity index (χ0v) is 12.1. The Hall–Kier alpha value is -1.79. The van der Waals surface area contributed by atoms with Crippen LogP contribution in [0.25, 0.3) is 0 Å². The standard InChI is InChI=1S/C16H16O2S/c1-16(2,3)13-9-11-15(12-10-13)19(17,18)14-7-5-4-6-8-14/h5,7-12H,1-3H3. The van der Waals surface area contributed by atoms with Crippen LogP contribution in [0.2, 0.25) is 0 Å². The fourth-order valence-corrected chi connectivity index (χ4v) is 3.00. The molecule has 0 N–H and O–H groups in total. The predicted molar refractivity (Wildman–Crippen MR) is 76.6 cm³/mol. The minimum absolute atomic E-state index is 0.0117. The predicted octanol–water partition coefficient (Wildman–Crippen LogP) is 3.52. The molecule has 0 heterocycles. The third-order valence-corrected chi connectivity index (χ3v) is 4.74. The van der Waals surface area contributed by atoms with E-state index in [2.05, 4.69) is 32.2 Å². The van der Waals surface area contributed by atoms with Gasteiger partial charge in [-0.3, -0.25) is 0 Å². The van der Waals surface area contributed by atoms with Crippen molar-refractivity contribution in [3.05, 3.63) is 64.4 Å². The molecule has 0 unspecified atom stereocenters. The van der Waals surface area contributed by atoms with E-state index in [-0.39, 0.29) is 10.3 Å². The first-order chi connectivity index (χ1) is 8.82. The smallest absolute Gasteiger partial charge is 0.207 e. The zero-order valence-electron chi connectivity index (χ0n) is 11.3. The van der Waals surface area contributed by atoms with Gasteiger partial charge < -0.3 is 0 Å². The maximum atomic E-state index is 12.4. The second-order valence-corrected chi connectivity index (χ2v) is 7.40. The summed E-state index contributed by atoms with van der Waals surface area (Å²) in [6.07, 6.45) is 4.52. The first-order valence-corrected chi connectivity index (χ1v) is 7.53. The fourth-order valence-electron chi connectivity index (χ4n) is 1.77. The fraction of sp³-hybridized carbons (Fsp3) is 0.250. The molecule has 1 aliphatic carbocycles. The summed E-state index contributed by atoms with van der Waals surface area (Å²) in [5, 5.41) is 0. The molecule has 0 aliphatic heterocycles. The van der Waals surface area contributed by atoms with Gasteiger partial charge in [0.15, 0.2) is 0 Å². The molecule has 0 amide bonds. The Morgan fingerprint density at radius 3 is 2.11 bits per heavy atom. The normalized spacial score (nSPS) is 14.6. The minimum atomic E-state index is -3.45. The molecule has 2 nitrogen and oxygen atoms in total. The van der Waals surface area contributed by atoms with Crippen LogP contribution in [0.3, 0.4) is 0 Å². The van der Waals surface area contributed by atoms with Crippen LogP contribution in [0.4, 0.5) is 0 Å². The van der Waals surface area contributed by atoms with E-state index in [9.17, 15) is 8.42 Å². The van der Waals surface area contributed by atoms with Crippen LogP contribution in [0.1, 0.15) is 26.3 Å². The average molecular weight is 272 g/mol. The van der Waals surface area contributed by atoms with Gasteiger partial charge in [-0.15, -0.1) is 0 Å². The van der Waals surface area contributed by atoms with E-state index in [0.717, 1.165) is 5.56 Å². The van der Waals surface area contributed by atoms with Crippen LogP contribution in [-0.4, -0.2) is 8.42 Å². The summed E-state index contributed by atoms with van der Waals surface area (Å²) in [5.41, 5.74) is 6.49. The quantitative estimate of drug-likeness (QED) is 0.772. The lowest BCUT2D eigenvalue weighted by atomic mass is 9.87. The van der Waals surface area contributed by atoms with Gasteiger partial charge >= 0.3 is 0 Å². The lowest BCUT2D eigenvalue weighted by Crippen LogP contribution is -2.11. The second kappa shape index (κ2) is 4.71. The Morgan fingerprint density at radius 1 is 1.00 bits per heavy atom. The average Bonchev–Trinajstić information content (AvgIpc) is 2.39. The number of rotatable bonds is 2. The Balaban J connectivity index is 2.41. The lowest BCUT2D eigenvalue weighted by Gasteiger charge is -2.19. The van der Waals surface area contributed by atoms with Gasteiger partial charge in [0.2, 0.25) is 9.84 Å². The number of hydrogen-bond acceptors (Lipinski definition) is 2. The molecule has 19 heavy (non-hydrogen) atoms. The number of allylic oxidation sites excluding steroid dienone is 3. The summed E-state index contributed by atoms with van der Waals surface area (Å²) in [4.78, 5) is 0.551. The third kappa shape index (κ3) is 2.80. The van der Waals surface area contributed by atoms with Crippen LogP contribution < -0.4 is 0 Å². The molecule has 0 radical (unpaired) electrons. The number of sulfone groups is 1. The van der Waals surface area contributed by atoms with E-state index < -0.39 is 9.84 Å². The van der Waals surface area contributed by atoms with E-state index in [1.54, 1.807) is 18.2 Å². The van der Waals surface area contributed by atoms with Crippen molar-refractivity contribution in [1.29, 1.82) is 0 Å². The van der Waals surface area contributed by atoms with E-state index >= 15 is 0 Å². The summed E-state index contributed by atoms with van der Waals surface area (Å²) in [6, 6.07) is 7.05. The van der Waals surface area contributed by atoms with Crippen molar-refractivity contribution in [3.8, 4) is 0 Å². The maximum Gasteiger partial charge on any atom is 0.207 e. The molecule has 2 rings (SSSR count). The molecule has 1 aliphatic rings. The van der Waals surface area contributed by atoms with E-state index in [1.165, 1.54) is 12.2 Å². The molecule has 0 spiro atoms. The highest BCUT2D eigenvalue weighted by atomic mass is 32.2. The van der Waals surface area contributed by atoms with Gasteiger partial charge in [-0.1, -0.05) is 44.4 Å². The molecule has 0 atom stereocenters. The van der Waals surface area contributed by atoms with Gasteiger partial charge in [-0.05, 0) is 35.3 Å². The van der Waals surface area contributed by atoms with Gasteiger partial charge in [-0.25, -0.2) is 8.42 Å². The summed E-state index contributed by atoms with van der Waals surface area (Å²) < 4.78 is 24.7. The Kier molecular flexibility index (Phi) is 3.38. The van der Waals surface area contributed by atoms with E-state index in [4.69, 9.17) is 0 Å². The van der Waals surface area contributed by atoms with Crippen molar-refractivity contribution in [1.82, 2.24) is 0 Å². The summed E-state index contributed by atoms with van der Waals surface area (Å²) >= 11 is 0. The topological polar surface area (TPSA) is 34.1 Å². The molecular formula is C16H16O2S. The molecular weight excluding hydrogens is 256 g/mol. The van der Waals surface area contributed by atoms with Gasteiger partial charge in [0, 0.05) is 6.08 Å². The van der Waals surface area contributed by atoms with Crippen molar-refractivity contribution in [2.45, 2.75) is 31.1 Å². The van der Waals surface area contributed by atoms with E-state index in [1.807, 2.05) is 12.1 Å². The van der Waals surface area contributed by atoms with Crippen LogP contribution in [0.5, 0.6) is 0 Å². The molecule has 0 saturated heterocycles. The maximum absolute atomic E-state index is 12.4. The second-order valence-electron chi connectivity index (χ2n) is 5.45. The first-order valence-electron chi connectivity index (χ1n) is 6.05. The highest BCUT2D eigenvalue weighted by Gasteiger charge is 2.20. The van der Waals surface area contributed by atoms with Crippen LogP contribution in [-0.2, 0) is 15.3 Å². The molecule has 1 aromatic carbocycles. The molecule has 98 valence electrons. The van der Waals surface area contributed by atoms with Gasteiger partial charge in [0.25, 0.3) is 0 Å². The monoisotopic (exact) mass is 272 g/mol. The molecule has 0 fully saturated rings. The minimum Gasteiger partial charge on any atom is -0.218 e. The summed E-state index contributed by atoms with van der Waals surface area (Å²) in [5.74, 6) is 0. The number of hydrogen-bond donors (Lipinski definition) is 0. The molecule has 0 aromatic heterocycles. The van der Waals surface area contributed by atoms with Crippen molar-refractivity contribution in [3.63, 3.8) is 0 Å². The molecule has 1 aromatic rings. The van der Waals surface area contributed by atoms with Crippen LogP contribution in [0, 0.1) is 0 Å². The van der Waals surface area contributed by atoms with Crippen molar-refractivity contribution >= 4 is 9.84 Å². The third-order valence-electron chi connectivity index (χ3n) is 2.97. The Morgan fingerprint density at radius 2 is 1.63 bits per heavy atom. The zero-order chi connectivity index (χ0) is 14.1. The molecule has 0 saturated carbocycles. The SMILES string of the molecule is CC(C)(C)c1ccc(S(=O)(=O)C2=CC=C=C=C2)cc1. The molecule has 3 heteroatoms. The molecule has 0 bridgehead atoms. The van der Waals surface area contributed by atoms with Crippen molar-refractivity contribution in [2.24, 2.45) is 0 Å². The van der Waals surface area contributed by atoms with Crippen LogP contribution >= 0.6 is 0 Å². The highest BCUT2D eigenvalue weighted by molar-refractivity contribution is 7.95. The highest BCUT2D eigenvalue weighted by Crippen LogP contribution is 2.26. The van der Waals surface area contributed by atoms with Gasteiger partial charge in [0.05, 0.1) is 9.80 Å². The Labute approximate surface area is 114 Å². The summed E-state index contributed by atoms with van der Waals surface area (Å²) in [7, 11) is -3.45. The van der Waals surface area contributed by atoms with Crippen LogP contribution in [0.15, 0.2) is 63.8 Å². The van der Waals surface area contributed by atoms with Crippen molar-refractivity contribution < 1.29 is 8.42 Å². The lowest BCUT2D eigenvalue weighted by molar-refractivity contribution is 0.587. The van der Waals surface area contributed by atoms with Gasteiger partial charge in [0.1, 0.15) is 0 Å². The Bertz CT molecular complexity index is 714.